The second kappa shape index (κ2) is 29.8. The summed E-state index contributed by atoms with van der Waals surface area (Å²) in [5.74, 6) is -4.97. The summed E-state index contributed by atoms with van der Waals surface area (Å²) in [4.78, 5) is 87.2. The van der Waals surface area contributed by atoms with Crippen molar-refractivity contribution in [3.63, 3.8) is 0 Å². The Labute approximate surface area is 346 Å². The zero-order valence-corrected chi connectivity index (χ0v) is 35.2. The van der Waals surface area contributed by atoms with E-state index in [0.29, 0.717) is 17.9 Å². The van der Waals surface area contributed by atoms with Crippen LogP contribution < -0.4 is 11.1 Å². The van der Waals surface area contributed by atoms with Crippen molar-refractivity contribution in [2.75, 3.05) is 11.5 Å². The van der Waals surface area contributed by atoms with E-state index in [1.54, 1.807) is 12.1 Å². The van der Waals surface area contributed by atoms with Crippen LogP contribution in [0.4, 0.5) is 0 Å². The van der Waals surface area contributed by atoms with Crippen LogP contribution in [0.25, 0.3) is 0 Å². The minimum absolute atomic E-state index is 0.0739. The van der Waals surface area contributed by atoms with Crippen molar-refractivity contribution in [2.24, 2.45) is 23.5 Å². The lowest BCUT2D eigenvalue weighted by molar-refractivity contribution is -0.138. The first-order chi connectivity index (χ1) is 27.3. The van der Waals surface area contributed by atoms with E-state index in [2.05, 4.69) is 5.32 Å². The number of unbranched alkanes of at least 4 members (excludes halogenated alkanes) is 15. The van der Waals surface area contributed by atoms with Crippen LogP contribution in [0.3, 0.4) is 0 Å². The van der Waals surface area contributed by atoms with Crippen LogP contribution in [-0.2, 0) is 40.0 Å². The largest absolute Gasteiger partial charge is 0.508 e. The molecule has 1 aliphatic heterocycles. The van der Waals surface area contributed by atoms with Crippen LogP contribution in [0.2, 0.25) is 0 Å². The number of aliphatic carboxylic acids is 2. The summed E-state index contributed by atoms with van der Waals surface area (Å²) in [6.07, 6.45) is 17.6. The van der Waals surface area contributed by atoms with E-state index in [-0.39, 0.29) is 74.6 Å². The van der Waals surface area contributed by atoms with Crippen LogP contribution in [0.5, 0.6) is 5.75 Å². The summed E-state index contributed by atoms with van der Waals surface area (Å²) in [7, 11) is 2.82. The van der Waals surface area contributed by atoms with E-state index in [0.717, 1.165) is 50.5 Å². The number of amides is 2. The number of phenols is 1. The van der Waals surface area contributed by atoms with Gasteiger partial charge in [0.15, 0.2) is 5.78 Å². The first-order valence-electron chi connectivity index (χ1n) is 21.0. The van der Waals surface area contributed by atoms with E-state index in [1.807, 2.05) is 0 Å². The first kappa shape index (κ1) is 49.8. The number of hydrogen-bond donors (Lipinski definition) is 5. The van der Waals surface area contributed by atoms with Gasteiger partial charge in [-0.2, -0.15) is 0 Å². The van der Waals surface area contributed by atoms with Crippen molar-refractivity contribution in [1.29, 1.82) is 0 Å². The number of nitrogens with one attached hydrogen (secondary N) is 1. The monoisotopic (exact) mass is 834 g/mol. The van der Waals surface area contributed by atoms with Gasteiger partial charge < -0.3 is 26.4 Å². The number of rotatable bonds is 32. The maximum Gasteiger partial charge on any atom is 0.303 e. The molecule has 2 rings (SSSR count). The molecule has 14 heteroatoms. The van der Waals surface area contributed by atoms with Crippen LogP contribution in [0, 0.1) is 17.8 Å². The summed E-state index contributed by atoms with van der Waals surface area (Å²) in [6, 6.07) is 5.28. The number of hydrogen-bond acceptors (Lipinski definition) is 10. The number of Topliss-reactive ketones (excluding diaryl/α,β-unsaturated/α-hetero) is 3. The highest BCUT2D eigenvalue weighted by atomic mass is 33.1. The Morgan fingerprint density at radius 2 is 1.19 bits per heavy atom. The Balaban J connectivity index is 1.70. The van der Waals surface area contributed by atoms with Crippen molar-refractivity contribution >= 4 is 62.7 Å². The quantitative estimate of drug-likeness (QED) is 0.0345. The number of primary amides is 1. The molecule has 0 saturated carbocycles. The Morgan fingerprint density at radius 3 is 1.70 bits per heavy atom. The van der Waals surface area contributed by atoms with Gasteiger partial charge in [0, 0.05) is 67.8 Å². The molecule has 1 heterocycles. The van der Waals surface area contributed by atoms with E-state index >= 15 is 0 Å². The van der Waals surface area contributed by atoms with Crippen molar-refractivity contribution in [2.45, 2.75) is 160 Å². The van der Waals surface area contributed by atoms with Gasteiger partial charge in [0.1, 0.15) is 17.3 Å². The van der Waals surface area contributed by atoms with Gasteiger partial charge in [-0.25, -0.2) is 0 Å². The minimum Gasteiger partial charge on any atom is -0.508 e. The molecule has 0 spiro atoms. The highest BCUT2D eigenvalue weighted by Crippen LogP contribution is 2.34. The summed E-state index contributed by atoms with van der Waals surface area (Å²) in [5, 5.41) is 30.3. The first-order valence-corrected chi connectivity index (χ1v) is 23.5. The molecule has 1 fully saturated rings. The van der Waals surface area contributed by atoms with Gasteiger partial charge in [-0.1, -0.05) is 124 Å². The number of ketones is 3. The Hall–Kier alpha value is -3.39. The third-order valence-electron chi connectivity index (χ3n) is 10.6. The zero-order chi connectivity index (χ0) is 41.8. The molecular formula is C43H66N2O10S2. The number of nitrogens with two attached hydrogens (primary N) is 1. The molecule has 4 atom stereocenters. The Kier molecular flexibility index (Phi) is 26.0. The van der Waals surface area contributed by atoms with Crippen LogP contribution in [-0.4, -0.2) is 74.0 Å². The molecule has 1 saturated heterocycles. The molecule has 1 aromatic carbocycles. The van der Waals surface area contributed by atoms with E-state index in [9.17, 15) is 43.8 Å². The number of phenolic OH excluding ortho intramolecular Hbond substituents is 1. The van der Waals surface area contributed by atoms with Crippen LogP contribution >= 0.6 is 21.6 Å². The number of aromatic hydroxyl groups is 1. The normalized spacial score (nSPS) is 16.9. The number of carbonyl (C=O) groups is 7. The number of carboxylic acid groups (broad SMARTS) is 2. The summed E-state index contributed by atoms with van der Waals surface area (Å²) in [5.41, 5.74) is 6.36. The Bertz CT molecular complexity index is 1410. The van der Waals surface area contributed by atoms with Gasteiger partial charge in [-0.05, 0) is 43.4 Å². The topological polar surface area (TPSA) is 218 Å². The summed E-state index contributed by atoms with van der Waals surface area (Å²) in [6.45, 7) is 0. The summed E-state index contributed by atoms with van der Waals surface area (Å²) >= 11 is 0. The number of benzene rings is 1. The number of carboxylic acids is 2. The molecule has 6 N–H and O–H groups in total. The smallest absolute Gasteiger partial charge is 0.303 e. The molecule has 0 aromatic heterocycles. The van der Waals surface area contributed by atoms with Gasteiger partial charge in [-0.3, -0.25) is 33.6 Å². The molecule has 1 aromatic rings. The fourth-order valence-corrected chi connectivity index (χ4v) is 9.76. The maximum atomic E-state index is 13.5. The molecule has 0 radical (unpaired) electrons. The second-order valence-electron chi connectivity index (χ2n) is 15.5. The minimum atomic E-state index is -1.09. The van der Waals surface area contributed by atoms with E-state index in [4.69, 9.17) is 10.8 Å². The highest BCUT2D eigenvalue weighted by molar-refractivity contribution is 8.76. The molecule has 0 bridgehead atoms. The molecule has 57 heavy (non-hydrogen) atoms. The third kappa shape index (κ3) is 23.6. The fraction of sp³-hybridized carbons (Fsp3) is 0.698. The van der Waals surface area contributed by atoms with Crippen molar-refractivity contribution < 1.29 is 48.9 Å². The lowest BCUT2D eigenvalue weighted by Crippen LogP contribution is -2.42. The van der Waals surface area contributed by atoms with Crippen LogP contribution in [0.15, 0.2) is 24.3 Å². The standard InChI is InChI=1S/C43H66N2O10S2/c44-43(55)32(25-31-19-21-35(46)22-20-31)26-37(47)33-27-38(48)34(30-57-56-29-33)28-39(49)36(23-24-42(53)54)45-40(50)17-15-13-11-9-7-5-3-1-2-4-6-8-10-12-14-16-18-41(51)52/h19-22,32-34,36,46H,1-18,23-30H2,(H2,44,55)(H,45,50)(H,51,52)(H,53,54)/t32-,33+,34+,36+/m1/s1. The lowest BCUT2D eigenvalue weighted by Gasteiger charge is -2.25. The molecule has 320 valence electrons. The van der Waals surface area contributed by atoms with Crippen molar-refractivity contribution in [3.05, 3.63) is 29.8 Å². The molecular weight excluding hydrogens is 769 g/mol. The number of carbonyl (C=O) groups excluding carboxylic acids is 5. The molecule has 0 unspecified atom stereocenters. The van der Waals surface area contributed by atoms with Crippen molar-refractivity contribution in [1.82, 2.24) is 5.32 Å². The molecule has 0 aliphatic carbocycles. The SMILES string of the molecule is NC(=O)[C@@H](CC(=O)[C@@H]1CSSC[C@H](CC(=O)[C@H](CCC(=O)O)NC(=O)CCCCCCCCCCCCCCCCCCC(=O)O)C(=O)C1)Cc1ccc(O)cc1. The van der Waals surface area contributed by atoms with Crippen molar-refractivity contribution in [3.8, 4) is 5.75 Å². The molecule has 1 aliphatic rings. The zero-order valence-electron chi connectivity index (χ0n) is 33.6. The third-order valence-corrected chi connectivity index (χ3v) is 13.2. The molecule has 2 amide bonds. The second-order valence-corrected chi connectivity index (χ2v) is 18.1. The van der Waals surface area contributed by atoms with Gasteiger partial charge in [0.2, 0.25) is 11.8 Å². The molecule has 12 nitrogen and oxygen atoms in total. The van der Waals surface area contributed by atoms with Gasteiger partial charge in [0.25, 0.3) is 0 Å². The predicted molar refractivity (Wildman–Crippen MR) is 225 cm³/mol. The van der Waals surface area contributed by atoms with E-state index in [1.165, 1.54) is 85.1 Å². The van der Waals surface area contributed by atoms with Gasteiger partial charge >= 0.3 is 11.9 Å². The lowest BCUT2D eigenvalue weighted by atomic mass is 9.85. The maximum absolute atomic E-state index is 13.5. The van der Waals surface area contributed by atoms with Gasteiger partial charge in [0.05, 0.1) is 6.04 Å². The Morgan fingerprint density at radius 1 is 0.702 bits per heavy atom. The fourth-order valence-electron chi connectivity index (χ4n) is 7.07. The average molecular weight is 835 g/mol. The highest BCUT2D eigenvalue weighted by Gasteiger charge is 2.34. The van der Waals surface area contributed by atoms with Crippen LogP contribution in [0.1, 0.15) is 153 Å². The predicted octanol–water partition coefficient (Wildman–Crippen LogP) is 8.00. The average Bonchev–Trinajstić information content (AvgIpc) is 3.15. The summed E-state index contributed by atoms with van der Waals surface area (Å²) < 4.78 is 0. The van der Waals surface area contributed by atoms with Gasteiger partial charge in [-0.15, -0.1) is 0 Å². The van der Waals surface area contributed by atoms with E-state index < -0.39 is 47.4 Å².